The van der Waals surface area contributed by atoms with Crippen LogP contribution in [0.4, 0.5) is 0 Å². The maximum absolute atomic E-state index is 11.5. The van der Waals surface area contributed by atoms with Gasteiger partial charge in [-0.15, -0.1) is 0 Å². The predicted octanol–water partition coefficient (Wildman–Crippen LogP) is 1.66. The predicted molar refractivity (Wildman–Crippen MR) is 65.4 cm³/mol. The molecule has 0 radical (unpaired) electrons. The van der Waals surface area contributed by atoms with Crippen LogP contribution in [0.25, 0.3) is 0 Å². The van der Waals surface area contributed by atoms with Gasteiger partial charge in [0, 0.05) is 13.2 Å². The molecule has 1 heterocycles. The van der Waals surface area contributed by atoms with Gasteiger partial charge in [0.1, 0.15) is 19.0 Å². The Kier molecular flexibility index (Phi) is 3.96. The molecule has 0 saturated heterocycles. The SMILES string of the molecule is Cn1cc(C(=O)OCCOc2ccccc2)cn1. The fourth-order valence-electron chi connectivity index (χ4n) is 1.42. The molecule has 0 aliphatic carbocycles. The molecule has 5 nitrogen and oxygen atoms in total. The fraction of sp³-hybridized carbons (Fsp3) is 0.231. The Bertz CT molecular complexity index is 508. The summed E-state index contributed by atoms with van der Waals surface area (Å²) in [5.74, 6) is 0.370. The number of ether oxygens (including phenoxy) is 2. The third kappa shape index (κ3) is 3.35. The van der Waals surface area contributed by atoms with Crippen LogP contribution in [0.5, 0.6) is 5.75 Å². The summed E-state index contributed by atoms with van der Waals surface area (Å²) >= 11 is 0. The Labute approximate surface area is 105 Å². The number of hydrogen-bond acceptors (Lipinski definition) is 4. The molecule has 94 valence electrons. The molecule has 1 aromatic carbocycles. The number of hydrogen-bond donors (Lipinski definition) is 0. The van der Waals surface area contributed by atoms with Gasteiger partial charge in [-0.1, -0.05) is 18.2 Å². The molecule has 0 unspecified atom stereocenters. The number of aromatic nitrogens is 2. The molecule has 1 aromatic heterocycles. The summed E-state index contributed by atoms with van der Waals surface area (Å²) in [4.78, 5) is 11.5. The molecule has 2 rings (SSSR count). The van der Waals surface area contributed by atoms with Gasteiger partial charge in [0.05, 0.1) is 11.8 Å². The third-order valence-electron chi connectivity index (χ3n) is 2.27. The smallest absolute Gasteiger partial charge is 0.341 e. The van der Waals surface area contributed by atoms with Gasteiger partial charge in [0.25, 0.3) is 0 Å². The monoisotopic (exact) mass is 246 g/mol. The average molecular weight is 246 g/mol. The fourth-order valence-corrected chi connectivity index (χ4v) is 1.42. The van der Waals surface area contributed by atoms with Crippen molar-refractivity contribution in [1.82, 2.24) is 9.78 Å². The van der Waals surface area contributed by atoms with Crippen LogP contribution in [0.3, 0.4) is 0 Å². The Morgan fingerprint density at radius 3 is 2.72 bits per heavy atom. The minimum atomic E-state index is -0.389. The normalized spacial score (nSPS) is 10.1. The molecule has 0 saturated carbocycles. The number of carbonyl (C=O) groups excluding carboxylic acids is 1. The summed E-state index contributed by atoms with van der Waals surface area (Å²) in [5, 5.41) is 3.90. The molecule has 18 heavy (non-hydrogen) atoms. The first-order chi connectivity index (χ1) is 8.75. The maximum Gasteiger partial charge on any atom is 0.341 e. The minimum absolute atomic E-state index is 0.211. The van der Waals surface area contributed by atoms with Crippen LogP contribution in [-0.4, -0.2) is 29.0 Å². The van der Waals surface area contributed by atoms with Gasteiger partial charge in [-0.05, 0) is 12.1 Å². The first-order valence-electron chi connectivity index (χ1n) is 5.59. The number of benzene rings is 1. The van der Waals surface area contributed by atoms with E-state index in [0.717, 1.165) is 5.75 Å². The summed E-state index contributed by atoms with van der Waals surface area (Å²) in [5.41, 5.74) is 0.442. The molecule has 0 N–H and O–H groups in total. The standard InChI is InChI=1S/C13H14N2O3/c1-15-10-11(9-14-15)13(16)18-8-7-17-12-5-3-2-4-6-12/h2-6,9-10H,7-8H2,1H3. The van der Waals surface area contributed by atoms with Gasteiger partial charge in [-0.2, -0.15) is 5.10 Å². The summed E-state index contributed by atoms with van der Waals surface area (Å²) in [6.07, 6.45) is 3.08. The lowest BCUT2D eigenvalue weighted by molar-refractivity contribution is 0.0450. The van der Waals surface area contributed by atoms with E-state index in [1.165, 1.54) is 6.20 Å². The zero-order valence-corrected chi connectivity index (χ0v) is 10.1. The Hall–Kier alpha value is -2.30. The van der Waals surface area contributed by atoms with E-state index in [2.05, 4.69) is 5.10 Å². The molecule has 0 aliphatic rings. The lowest BCUT2D eigenvalue weighted by Gasteiger charge is -2.06. The van der Waals surface area contributed by atoms with Crippen molar-refractivity contribution < 1.29 is 14.3 Å². The first-order valence-corrected chi connectivity index (χ1v) is 5.59. The van der Waals surface area contributed by atoms with E-state index >= 15 is 0 Å². The summed E-state index contributed by atoms with van der Waals surface area (Å²) in [7, 11) is 1.75. The Balaban J connectivity index is 1.71. The van der Waals surface area contributed by atoms with E-state index in [-0.39, 0.29) is 12.6 Å². The Morgan fingerprint density at radius 1 is 1.28 bits per heavy atom. The number of para-hydroxylation sites is 1. The van der Waals surface area contributed by atoms with Crippen molar-refractivity contribution in [2.75, 3.05) is 13.2 Å². The number of aryl methyl sites for hydroxylation is 1. The molecular formula is C13H14N2O3. The summed E-state index contributed by atoms with van der Waals surface area (Å²) < 4.78 is 12.0. The second-order valence-electron chi connectivity index (χ2n) is 3.70. The highest BCUT2D eigenvalue weighted by Gasteiger charge is 2.08. The molecule has 0 fully saturated rings. The van der Waals surface area contributed by atoms with E-state index in [1.807, 2.05) is 30.3 Å². The summed E-state index contributed by atoms with van der Waals surface area (Å²) in [6.45, 7) is 0.540. The van der Waals surface area contributed by atoms with Crippen molar-refractivity contribution in [3.05, 3.63) is 48.3 Å². The van der Waals surface area contributed by atoms with Crippen LogP contribution in [0, 0.1) is 0 Å². The molecule has 5 heteroatoms. The molecule has 0 spiro atoms. The van der Waals surface area contributed by atoms with Crippen LogP contribution >= 0.6 is 0 Å². The highest BCUT2D eigenvalue weighted by Crippen LogP contribution is 2.07. The highest BCUT2D eigenvalue weighted by molar-refractivity contribution is 5.88. The van der Waals surface area contributed by atoms with Crippen molar-refractivity contribution in [3.63, 3.8) is 0 Å². The lowest BCUT2D eigenvalue weighted by Crippen LogP contribution is -2.11. The first kappa shape index (κ1) is 12.2. The van der Waals surface area contributed by atoms with Crippen molar-refractivity contribution >= 4 is 5.97 Å². The van der Waals surface area contributed by atoms with Crippen LogP contribution < -0.4 is 4.74 Å². The van der Waals surface area contributed by atoms with Crippen molar-refractivity contribution in [1.29, 1.82) is 0 Å². The largest absolute Gasteiger partial charge is 0.490 e. The van der Waals surface area contributed by atoms with Gasteiger partial charge in [-0.25, -0.2) is 4.79 Å². The number of rotatable bonds is 5. The number of carbonyl (C=O) groups is 1. The minimum Gasteiger partial charge on any atom is -0.490 e. The van der Waals surface area contributed by atoms with Crippen molar-refractivity contribution in [3.8, 4) is 5.75 Å². The van der Waals surface area contributed by atoms with Gasteiger partial charge in [0.15, 0.2) is 0 Å². The van der Waals surface area contributed by atoms with E-state index in [0.29, 0.717) is 12.2 Å². The van der Waals surface area contributed by atoms with Gasteiger partial charge in [-0.3, -0.25) is 4.68 Å². The van der Waals surface area contributed by atoms with E-state index in [4.69, 9.17) is 9.47 Å². The zero-order chi connectivity index (χ0) is 12.8. The van der Waals surface area contributed by atoms with E-state index < -0.39 is 0 Å². The van der Waals surface area contributed by atoms with Gasteiger partial charge < -0.3 is 9.47 Å². The number of esters is 1. The van der Waals surface area contributed by atoms with Crippen molar-refractivity contribution in [2.24, 2.45) is 7.05 Å². The van der Waals surface area contributed by atoms with Crippen LogP contribution in [0.15, 0.2) is 42.7 Å². The maximum atomic E-state index is 11.5. The Morgan fingerprint density at radius 2 is 2.06 bits per heavy atom. The average Bonchev–Trinajstić information content (AvgIpc) is 2.82. The molecular weight excluding hydrogens is 232 g/mol. The molecule has 0 bridgehead atoms. The molecule has 0 atom stereocenters. The van der Waals surface area contributed by atoms with Crippen molar-refractivity contribution in [2.45, 2.75) is 0 Å². The second kappa shape index (κ2) is 5.86. The molecule has 0 aliphatic heterocycles. The van der Waals surface area contributed by atoms with Gasteiger partial charge >= 0.3 is 5.97 Å². The topological polar surface area (TPSA) is 53.4 Å². The molecule has 2 aromatic rings. The lowest BCUT2D eigenvalue weighted by atomic mass is 10.3. The highest BCUT2D eigenvalue weighted by atomic mass is 16.6. The van der Waals surface area contributed by atoms with E-state index in [1.54, 1.807) is 17.9 Å². The zero-order valence-electron chi connectivity index (χ0n) is 10.1. The quantitative estimate of drug-likeness (QED) is 0.594. The van der Waals surface area contributed by atoms with Gasteiger partial charge in [0.2, 0.25) is 0 Å². The molecule has 0 amide bonds. The summed E-state index contributed by atoms with van der Waals surface area (Å²) in [6, 6.07) is 9.38. The van der Waals surface area contributed by atoms with Crippen LogP contribution in [-0.2, 0) is 11.8 Å². The van der Waals surface area contributed by atoms with Crippen LogP contribution in [0.2, 0.25) is 0 Å². The second-order valence-corrected chi connectivity index (χ2v) is 3.70. The number of nitrogens with zero attached hydrogens (tertiary/aromatic N) is 2. The van der Waals surface area contributed by atoms with E-state index in [9.17, 15) is 4.79 Å². The van der Waals surface area contributed by atoms with Crippen LogP contribution in [0.1, 0.15) is 10.4 Å². The third-order valence-corrected chi connectivity index (χ3v) is 2.27.